The first kappa shape index (κ1) is 16.9. The van der Waals surface area contributed by atoms with Gasteiger partial charge in [0.2, 0.25) is 5.91 Å². The maximum absolute atomic E-state index is 12.1. The third kappa shape index (κ3) is 4.66. The van der Waals surface area contributed by atoms with E-state index in [1.165, 1.54) is 0 Å². The van der Waals surface area contributed by atoms with Crippen LogP contribution in [0.5, 0.6) is 0 Å². The van der Waals surface area contributed by atoms with Gasteiger partial charge in [-0.25, -0.2) is 0 Å². The molecule has 0 aliphatic heterocycles. The average Bonchev–Trinajstić information content (AvgIpc) is 2.37. The van der Waals surface area contributed by atoms with Crippen LogP contribution in [0.1, 0.15) is 47.0 Å². The first-order valence-electron chi connectivity index (χ1n) is 6.56. The summed E-state index contributed by atoms with van der Waals surface area (Å²) in [5.41, 5.74) is -0.897. The van der Waals surface area contributed by atoms with Crippen LogP contribution in [0.25, 0.3) is 0 Å². The summed E-state index contributed by atoms with van der Waals surface area (Å²) in [7, 11) is 1.67. The maximum atomic E-state index is 12.1. The van der Waals surface area contributed by atoms with Gasteiger partial charge in [-0.1, -0.05) is 27.7 Å². The van der Waals surface area contributed by atoms with Crippen molar-refractivity contribution in [3.8, 4) is 6.07 Å². The van der Waals surface area contributed by atoms with Crippen LogP contribution in [0.4, 0.5) is 0 Å². The fraction of sp³-hybridized carbons (Fsp3) is 0.857. The molecular formula is C14H26N2O2. The molecule has 0 aromatic heterocycles. The van der Waals surface area contributed by atoms with Crippen LogP contribution in [0.15, 0.2) is 0 Å². The molecule has 0 bridgehead atoms. The molecular weight excluding hydrogens is 228 g/mol. The summed E-state index contributed by atoms with van der Waals surface area (Å²) in [6.07, 6.45) is 1.97. The zero-order chi connectivity index (χ0) is 14.2. The van der Waals surface area contributed by atoms with Crippen molar-refractivity contribution in [1.82, 2.24) is 5.32 Å². The van der Waals surface area contributed by atoms with Crippen LogP contribution in [0, 0.1) is 22.2 Å². The summed E-state index contributed by atoms with van der Waals surface area (Å²) in [6.45, 7) is 9.16. The second-order valence-corrected chi connectivity index (χ2v) is 5.49. The van der Waals surface area contributed by atoms with Crippen molar-refractivity contribution in [2.45, 2.75) is 47.0 Å². The molecule has 0 heterocycles. The zero-order valence-corrected chi connectivity index (χ0v) is 12.3. The average molecular weight is 254 g/mol. The number of ether oxygens (including phenoxy) is 1. The highest BCUT2D eigenvalue weighted by molar-refractivity contribution is 5.85. The summed E-state index contributed by atoms with van der Waals surface area (Å²) in [5, 5.41) is 12.1. The van der Waals surface area contributed by atoms with Crippen LogP contribution < -0.4 is 5.32 Å². The summed E-state index contributed by atoms with van der Waals surface area (Å²) in [4.78, 5) is 12.1. The van der Waals surface area contributed by atoms with Gasteiger partial charge >= 0.3 is 0 Å². The van der Waals surface area contributed by atoms with Crippen molar-refractivity contribution >= 4 is 5.91 Å². The van der Waals surface area contributed by atoms with E-state index < -0.39 is 5.41 Å². The lowest BCUT2D eigenvalue weighted by Crippen LogP contribution is -2.43. The molecule has 0 unspecified atom stereocenters. The number of hydrogen-bond acceptors (Lipinski definition) is 3. The van der Waals surface area contributed by atoms with Crippen LogP contribution in [-0.2, 0) is 9.53 Å². The Kier molecular flexibility index (Phi) is 6.93. The first-order chi connectivity index (χ1) is 8.37. The van der Waals surface area contributed by atoms with Crippen molar-refractivity contribution in [2.24, 2.45) is 10.8 Å². The maximum Gasteiger partial charge on any atom is 0.240 e. The largest absolute Gasteiger partial charge is 0.385 e. The van der Waals surface area contributed by atoms with Crippen LogP contribution in [-0.4, -0.2) is 26.2 Å². The van der Waals surface area contributed by atoms with Gasteiger partial charge in [-0.15, -0.1) is 0 Å². The molecule has 18 heavy (non-hydrogen) atoms. The Balaban J connectivity index is 4.45. The van der Waals surface area contributed by atoms with Crippen molar-refractivity contribution in [3.05, 3.63) is 0 Å². The summed E-state index contributed by atoms with van der Waals surface area (Å²) < 4.78 is 5.05. The third-order valence-electron chi connectivity index (χ3n) is 3.57. The molecule has 0 atom stereocenters. The van der Waals surface area contributed by atoms with E-state index in [9.17, 15) is 10.1 Å². The van der Waals surface area contributed by atoms with Crippen molar-refractivity contribution in [1.29, 1.82) is 5.26 Å². The Morgan fingerprint density at radius 2 is 1.89 bits per heavy atom. The van der Waals surface area contributed by atoms with Gasteiger partial charge in [0.05, 0.1) is 6.07 Å². The zero-order valence-electron chi connectivity index (χ0n) is 12.3. The van der Waals surface area contributed by atoms with Crippen molar-refractivity contribution < 1.29 is 9.53 Å². The number of carbonyl (C=O) groups is 1. The number of amides is 1. The highest BCUT2D eigenvalue weighted by Gasteiger charge is 2.35. The van der Waals surface area contributed by atoms with Gasteiger partial charge in [-0.3, -0.25) is 4.79 Å². The van der Waals surface area contributed by atoms with Crippen LogP contribution in [0.2, 0.25) is 0 Å². The van der Waals surface area contributed by atoms with Crippen LogP contribution in [0.3, 0.4) is 0 Å². The molecule has 0 radical (unpaired) electrons. The molecule has 0 fully saturated rings. The number of nitrogens with one attached hydrogen (secondary N) is 1. The second kappa shape index (κ2) is 7.38. The van der Waals surface area contributed by atoms with Gasteiger partial charge in [-0.05, 0) is 24.7 Å². The minimum atomic E-state index is -0.878. The lowest BCUT2D eigenvalue weighted by Gasteiger charge is -2.28. The van der Waals surface area contributed by atoms with Gasteiger partial charge in [0.1, 0.15) is 5.41 Å². The molecule has 4 nitrogen and oxygen atoms in total. The Labute approximate surface area is 111 Å². The molecule has 0 spiro atoms. The molecule has 0 saturated carbocycles. The van der Waals surface area contributed by atoms with Gasteiger partial charge in [0.15, 0.2) is 0 Å². The highest BCUT2D eigenvalue weighted by atomic mass is 16.5. The summed E-state index contributed by atoms with van der Waals surface area (Å²) in [5.74, 6) is -0.152. The lowest BCUT2D eigenvalue weighted by atomic mass is 9.82. The summed E-state index contributed by atoms with van der Waals surface area (Å²) in [6, 6.07) is 2.16. The van der Waals surface area contributed by atoms with E-state index >= 15 is 0 Å². The predicted molar refractivity (Wildman–Crippen MR) is 71.9 cm³/mol. The van der Waals surface area contributed by atoms with Crippen molar-refractivity contribution in [2.75, 3.05) is 20.3 Å². The second-order valence-electron chi connectivity index (χ2n) is 5.49. The molecule has 4 heteroatoms. The first-order valence-corrected chi connectivity index (χ1v) is 6.56. The monoisotopic (exact) mass is 254 g/mol. The lowest BCUT2D eigenvalue weighted by molar-refractivity contribution is -0.129. The van der Waals surface area contributed by atoms with Gasteiger partial charge < -0.3 is 10.1 Å². The molecule has 0 aliphatic carbocycles. The quantitative estimate of drug-likeness (QED) is 0.724. The van der Waals surface area contributed by atoms with Crippen molar-refractivity contribution in [3.63, 3.8) is 0 Å². The standard InChI is InChI=1S/C14H26N2O2/c1-6-14(7-2,10-15)12(17)16-11-13(3,4)8-9-18-5/h6-9,11H2,1-5H3,(H,16,17). The van der Waals surface area contributed by atoms with Crippen LogP contribution >= 0.6 is 0 Å². The minimum absolute atomic E-state index is 0.0195. The smallest absolute Gasteiger partial charge is 0.240 e. The Morgan fingerprint density at radius 1 is 1.33 bits per heavy atom. The highest BCUT2D eigenvalue weighted by Crippen LogP contribution is 2.26. The SMILES string of the molecule is CCC(C#N)(CC)C(=O)NCC(C)(C)CCOC. The number of methoxy groups -OCH3 is 1. The van der Waals surface area contributed by atoms with Gasteiger partial charge in [0.25, 0.3) is 0 Å². The molecule has 0 aromatic rings. The predicted octanol–water partition coefficient (Wildman–Crippen LogP) is 2.50. The topological polar surface area (TPSA) is 62.1 Å². The van der Waals surface area contributed by atoms with Gasteiger partial charge in [-0.2, -0.15) is 5.26 Å². The Morgan fingerprint density at radius 3 is 2.28 bits per heavy atom. The molecule has 0 saturated heterocycles. The molecule has 1 amide bonds. The molecule has 0 aromatic carbocycles. The fourth-order valence-electron chi connectivity index (χ4n) is 1.74. The van der Waals surface area contributed by atoms with E-state index in [1.807, 2.05) is 13.8 Å². The Bertz CT molecular complexity index is 301. The number of nitriles is 1. The van der Waals surface area contributed by atoms with E-state index in [1.54, 1.807) is 7.11 Å². The molecule has 104 valence electrons. The number of hydrogen-bond donors (Lipinski definition) is 1. The molecule has 0 rings (SSSR count). The normalized spacial score (nSPS) is 12.0. The summed E-state index contributed by atoms with van der Waals surface area (Å²) >= 11 is 0. The number of rotatable bonds is 8. The molecule has 1 N–H and O–H groups in total. The molecule has 0 aliphatic rings. The van der Waals surface area contributed by atoms with Gasteiger partial charge in [0, 0.05) is 20.3 Å². The van der Waals surface area contributed by atoms with E-state index in [4.69, 9.17) is 4.74 Å². The number of nitrogens with zero attached hydrogens (tertiary/aromatic N) is 1. The van der Waals surface area contributed by atoms with E-state index in [2.05, 4.69) is 25.2 Å². The third-order valence-corrected chi connectivity index (χ3v) is 3.57. The van der Waals surface area contributed by atoms with E-state index in [0.717, 1.165) is 6.42 Å². The minimum Gasteiger partial charge on any atom is -0.385 e. The fourth-order valence-corrected chi connectivity index (χ4v) is 1.74. The Hall–Kier alpha value is -1.08. The number of carbonyl (C=O) groups excluding carboxylic acids is 1. The van der Waals surface area contributed by atoms with E-state index in [0.29, 0.717) is 26.0 Å². The van der Waals surface area contributed by atoms with E-state index in [-0.39, 0.29) is 11.3 Å².